The molecule has 0 atom stereocenters. The van der Waals surface area contributed by atoms with Gasteiger partial charge in [-0.3, -0.25) is 0 Å². The molecule has 0 aliphatic heterocycles. The first-order chi connectivity index (χ1) is 6.83. The maximum Gasteiger partial charge on any atom is 0.176 e. The number of halogens is 1. The van der Waals surface area contributed by atoms with Gasteiger partial charge in [0, 0.05) is 11.8 Å². The van der Waals surface area contributed by atoms with E-state index in [0.717, 1.165) is 24.7 Å². The van der Waals surface area contributed by atoms with Crippen molar-refractivity contribution in [2.75, 3.05) is 6.26 Å². The van der Waals surface area contributed by atoms with E-state index in [4.69, 9.17) is 17.3 Å². The van der Waals surface area contributed by atoms with Crippen molar-refractivity contribution < 1.29 is 8.42 Å². The molecule has 0 bridgehead atoms. The van der Waals surface area contributed by atoms with E-state index in [1.54, 1.807) is 12.1 Å². The average Bonchev–Trinajstić information content (AvgIpc) is 2.82. The van der Waals surface area contributed by atoms with E-state index in [1.165, 1.54) is 6.07 Å². The van der Waals surface area contributed by atoms with Gasteiger partial charge in [0.15, 0.2) is 9.84 Å². The summed E-state index contributed by atoms with van der Waals surface area (Å²) in [7, 11) is -3.25. The summed E-state index contributed by atoms with van der Waals surface area (Å²) in [6.07, 6.45) is 3.01. The fraction of sp³-hybridized carbons (Fsp3) is 0.400. The second-order valence-corrected chi connectivity index (χ2v) is 6.46. The van der Waals surface area contributed by atoms with Crippen LogP contribution in [-0.2, 0) is 15.4 Å². The van der Waals surface area contributed by atoms with E-state index >= 15 is 0 Å². The van der Waals surface area contributed by atoms with Gasteiger partial charge in [0.25, 0.3) is 0 Å². The molecular formula is C10H12ClNO2S. The van der Waals surface area contributed by atoms with Gasteiger partial charge in [-0.1, -0.05) is 17.7 Å². The SMILES string of the molecule is CS(=O)(=O)c1ccc(C2(N)CC2)cc1Cl. The van der Waals surface area contributed by atoms with Crippen molar-refractivity contribution in [1.82, 2.24) is 0 Å². The van der Waals surface area contributed by atoms with Crippen LogP contribution in [0.1, 0.15) is 18.4 Å². The second kappa shape index (κ2) is 3.20. The largest absolute Gasteiger partial charge is 0.321 e. The molecule has 5 heteroatoms. The van der Waals surface area contributed by atoms with Gasteiger partial charge in [-0.05, 0) is 30.5 Å². The van der Waals surface area contributed by atoms with Gasteiger partial charge >= 0.3 is 0 Å². The predicted octanol–water partition coefficient (Wildman–Crippen LogP) is 1.69. The average molecular weight is 246 g/mol. The van der Waals surface area contributed by atoms with E-state index in [1.807, 2.05) is 0 Å². The van der Waals surface area contributed by atoms with Crippen LogP contribution in [0.2, 0.25) is 5.02 Å². The lowest BCUT2D eigenvalue weighted by atomic mass is 10.1. The third kappa shape index (κ3) is 2.02. The zero-order chi connectivity index (χ0) is 11.3. The van der Waals surface area contributed by atoms with E-state index in [-0.39, 0.29) is 15.5 Å². The maximum atomic E-state index is 11.3. The smallest absolute Gasteiger partial charge is 0.176 e. The molecule has 1 aliphatic carbocycles. The van der Waals surface area contributed by atoms with Gasteiger partial charge in [0.05, 0.1) is 9.92 Å². The Morgan fingerprint density at radius 2 is 2.00 bits per heavy atom. The van der Waals surface area contributed by atoms with E-state index < -0.39 is 9.84 Å². The minimum Gasteiger partial charge on any atom is -0.321 e. The van der Waals surface area contributed by atoms with E-state index in [2.05, 4.69) is 0 Å². The Hall–Kier alpha value is -0.580. The molecule has 0 amide bonds. The first kappa shape index (κ1) is 10.9. The molecule has 0 radical (unpaired) electrons. The van der Waals surface area contributed by atoms with Crippen molar-refractivity contribution >= 4 is 21.4 Å². The minimum absolute atomic E-state index is 0.164. The molecule has 1 fully saturated rings. The highest BCUT2D eigenvalue weighted by atomic mass is 35.5. The number of rotatable bonds is 2. The third-order valence-electron chi connectivity index (χ3n) is 2.69. The number of hydrogen-bond acceptors (Lipinski definition) is 3. The summed E-state index contributed by atoms with van der Waals surface area (Å²) in [5.41, 5.74) is 6.63. The zero-order valence-electron chi connectivity index (χ0n) is 8.33. The Morgan fingerprint density at radius 1 is 1.40 bits per heavy atom. The fourth-order valence-corrected chi connectivity index (χ4v) is 2.86. The third-order valence-corrected chi connectivity index (χ3v) is 4.27. The molecule has 0 aromatic heterocycles. The molecule has 15 heavy (non-hydrogen) atoms. The van der Waals surface area contributed by atoms with Gasteiger partial charge < -0.3 is 5.73 Å². The van der Waals surface area contributed by atoms with Crippen LogP contribution in [0.25, 0.3) is 0 Å². The summed E-state index contributed by atoms with van der Waals surface area (Å²) < 4.78 is 22.6. The summed E-state index contributed by atoms with van der Waals surface area (Å²) in [5, 5.41) is 0.256. The van der Waals surface area contributed by atoms with Gasteiger partial charge in [0.1, 0.15) is 0 Å². The van der Waals surface area contributed by atoms with E-state index in [9.17, 15) is 8.42 Å². The Balaban J connectivity index is 2.49. The van der Waals surface area contributed by atoms with Crippen LogP contribution in [0.3, 0.4) is 0 Å². The Kier molecular flexibility index (Phi) is 2.33. The Morgan fingerprint density at radius 3 is 2.40 bits per heavy atom. The molecule has 2 rings (SSSR count). The first-order valence-corrected chi connectivity index (χ1v) is 6.89. The van der Waals surface area contributed by atoms with Gasteiger partial charge in [-0.25, -0.2) is 8.42 Å². The molecule has 1 saturated carbocycles. The van der Waals surface area contributed by atoms with Crippen LogP contribution in [0.15, 0.2) is 23.1 Å². The summed E-state index contributed by atoms with van der Waals surface area (Å²) >= 11 is 5.91. The van der Waals surface area contributed by atoms with Gasteiger partial charge in [0.2, 0.25) is 0 Å². The number of sulfone groups is 1. The van der Waals surface area contributed by atoms with Crippen LogP contribution in [0, 0.1) is 0 Å². The molecule has 0 heterocycles. The van der Waals surface area contributed by atoms with Gasteiger partial charge in [-0.2, -0.15) is 0 Å². The van der Waals surface area contributed by atoms with Crippen LogP contribution in [-0.4, -0.2) is 14.7 Å². The molecule has 1 aliphatic rings. The molecular weight excluding hydrogens is 234 g/mol. The molecule has 0 spiro atoms. The van der Waals surface area contributed by atoms with Crippen LogP contribution in [0.4, 0.5) is 0 Å². The van der Waals surface area contributed by atoms with Crippen molar-refractivity contribution in [2.24, 2.45) is 5.73 Å². The topological polar surface area (TPSA) is 60.2 Å². The van der Waals surface area contributed by atoms with Crippen molar-refractivity contribution in [3.8, 4) is 0 Å². The van der Waals surface area contributed by atoms with Crippen molar-refractivity contribution in [3.05, 3.63) is 28.8 Å². The van der Waals surface area contributed by atoms with E-state index in [0.29, 0.717) is 0 Å². The number of benzene rings is 1. The van der Waals surface area contributed by atoms with Crippen molar-refractivity contribution in [1.29, 1.82) is 0 Å². The first-order valence-electron chi connectivity index (χ1n) is 4.62. The quantitative estimate of drug-likeness (QED) is 0.863. The molecule has 0 saturated heterocycles. The van der Waals surface area contributed by atoms with Crippen LogP contribution >= 0.6 is 11.6 Å². The fourth-order valence-electron chi connectivity index (χ4n) is 1.53. The standard InChI is InChI=1S/C10H12ClNO2S/c1-15(13,14)9-3-2-7(6-8(9)11)10(12)4-5-10/h2-3,6H,4-5,12H2,1H3. The second-order valence-electron chi connectivity index (χ2n) is 4.07. The highest BCUT2D eigenvalue weighted by Crippen LogP contribution is 2.43. The van der Waals surface area contributed by atoms with Crippen LogP contribution < -0.4 is 5.73 Å². The maximum absolute atomic E-state index is 11.3. The molecule has 82 valence electrons. The lowest BCUT2D eigenvalue weighted by Crippen LogP contribution is -2.18. The molecule has 0 unspecified atom stereocenters. The van der Waals surface area contributed by atoms with Crippen molar-refractivity contribution in [3.63, 3.8) is 0 Å². The molecule has 3 nitrogen and oxygen atoms in total. The van der Waals surface area contributed by atoms with Gasteiger partial charge in [-0.15, -0.1) is 0 Å². The highest BCUT2D eigenvalue weighted by Gasteiger charge is 2.40. The molecule has 1 aromatic carbocycles. The van der Waals surface area contributed by atoms with Crippen molar-refractivity contribution in [2.45, 2.75) is 23.3 Å². The minimum atomic E-state index is -3.25. The summed E-state index contributed by atoms with van der Waals surface area (Å²) in [4.78, 5) is 0.164. The predicted molar refractivity (Wildman–Crippen MR) is 59.7 cm³/mol. The summed E-state index contributed by atoms with van der Waals surface area (Å²) in [6, 6.07) is 4.93. The number of hydrogen-bond donors (Lipinski definition) is 1. The summed E-state index contributed by atoms with van der Waals surface area (Å²) in [5.74, 6) is 0. The van der Waals surface area contributed by atoms with Crippen LogP contribution in [0.5, 0.6) is 0 Å². The Labute approximate surface area is 94.2 Å². The molecule has 1 aromatic rings. The normalized spacial score (nSPS) is 18.9. The Bertz CT molecular complexity index is 506. The monoisotopic (exact) mass is 245 g/mol. The highest BCUT2D eigenvalue weighted by molar-refractivity contribution is 7.90. The lowest BCUT2D eigenvalue weighted by molar-refractivity contribution is 0.601. The zero-order valence-corrected chi connectivity index (χ0v) is 9.90. The summed E-state index contributed by atoms with van der Waals surface area (Å²) in [6.45, 7) is 0. The lowest BCUT2D eigenvalue weighted by Gasteiger charge is -2.10. The number of nitrogens with two attached hydrogens (primary N) is 1. The molecule has 2 N–H and O–H groups in total.